The van der Waals surface area contributed by atoms with Crippen LogP contribution in [0.1, 0.15) is 47.4 Å². The Morgan fingerprint density at radius 2 is 1.45 bits per heavy atom. The Balaban J connectivity index is 0.000000177. The highest BCUT2D eigenvalue weighted by Gasteiger charge is 2.56. The van der Waals surface area contributed by atoms with Gasteiger partial charge >= 0.3 is 0 Å². The Bertz CT molecular complexity index is 2040. The Kier molecular flexibility index (Phi) is 8.82. The highest BCUT2D eigenvalue weighted by molar-refractivity contribution is 9.10. The van der Waals surface area contributed by atoms with Gasteiger partial charge in [0.05, 0.1) is 70.6 Å². The van der Waals surface area contributed by atoms with Gasteiger partial charge in [0.25, 0.3) is 11.8 Å². The Morgan fingerprint density at radius 1 is 0.939 bits per heavy atom. The smallest absolute Gasteiger partial charge is 0.252 e. The van der Waals surface area contributed by atoms with E-state index in [0.29, 0.717) is 41.8 Å². The maximum atomic E-state index is 15.3. The van der Waals surface area contributed by atoms with Gasteiger partial charge in [-0.3, -0.25) is 14.4 Å². The maximum absolute atomic E-state index is 15.3. The average Bonchev–Trinajstić information content (AvgIpc) is 3.20. The van der Waals surface area contributed by atoms with Gasteiger partial charge in [-0.25, -0.2) is 17.8 Å². The van der Waals surface area contributed by atoms with E-state index >= 15 is 4.39 Å². The number of primary amides is 2. The molecule has 1 aliphatic carbocycles. The Hall–Kier alpha value is -4.34. The van der Waals surface area contributed by atoms with Gasteiger partial charge in [0.1, 0.15) is 16.8 Å². The summed E-state index contributed by atoms with van der Waals surface area (Å²) in [6.07, 6.45) is 7.19. The van der Waals surface area contributed by atoms with Crippen molar-refractivity contribution in [1.29, 1.82) is 5.26 Å². The Morgan fingerprint density at radius 3 is 1.88 bits per heavy atom. The summed E-state index contributed by atoms with van der Waals surface area (Å²) in [5.74, 6) is -1.62. The number of aromatic nitrogens is 4. The van der Waals surface area contributed by atoms with Crippen LogP contribution in [0.15, 0.2) is 45.9 Å². The van der Waals surface area contributed by atoms with E-state index in [-0.39, 0.29) is 36.7 Å². The summed E-state index contributed by atoms with van der Waals surface area (Å²) in [7, 11) is 0. The van der Waals surface area contributed by atoms with Crippen LogP contribution in [0.5, 0.6) is 0 Å². The number of carbonyl (C=O) groups is 3. The molecule has 0 aromatic carbocycles. The van der Waals surface area contributed by atoms with Crippen molar-refractivity contribution < 1.29 is 23.2 Å². The van der Waals surface area contributed by atoms with Crippen LogP contribution in [0.25, 0.3) is 11.0 Å². The van der Waals surface area contributed by atoms with Gasteiger partial charge in [0.15, 0.2) is 0 Å². The summed E-state index contributed by atoms with van der Waals surface area (Å²) in [5, 5.41) is 26.7. The van der Waals surface area contributed by atoms with E-state index in [1.807, 2.05) is 0 Å². The first kappa shape index (κ1) is 34.5. The first-order valence-corrected chi connectivity index (χ1v) is 16.9. The molecule has 7 rings (SSSR count). The third-order valence-corrected chi connectivity index (χ3v) is 10.1. The molecule has 49 heavy (non-hydrogen) atoms. The molecule has 4 aromatic heterocycles. The normalized spacial score (nSPS) is 25.4. The van der Waals surface area contributed by atoms with Gasteiger partial charge in [0, 0.05) is 41.0 Å². The molecule has 0 spiro atoms. The van der Waals surface area contributed by atoms with Gasteiger partial charge in [-0.1, -0.05) is 0 Å². The van der Waals surface area contributed by atoms with Crippen molar-refractivity contribution in [2.75, 3.05) is 36.8 Å². The van der Waals surface area contributed by atoms with Crippen LogP contribution < -0.4 is 27.4 Å². The fourth-order valence-electron chi connectivity index (χ4n) is 6.18. The number of carbonyl (C=O) groups excluding carboxylic acids is 3. The molecule has 0 bridgehead atoms. The number of nitriles is 1. The quantitative estimate of drug-likeness (QED) is 0.186. The van der Waals surface area contributed by atoms with Crippen molar-refractivity contribution in [2.24, 2.45) is 16.9 Å². The molecule has 0 radical (unpaired) electrons. The zero-order chi connectivity index (χ0) is 35.5. The lowest BCUT2D eigenvalue weighted by atomic mass is 10.0. The molecule has 258 valence electrons. The predicted octanol–water partition coefficient (Wildman–Crippen LogP) is 3.16. The minimum Gasteiger partial charge on any atom is -0.375 e. The third kappa shape index (κ3) is 6.54. The minimum atomic E-state index is -1.75. The van der Waals surface area contributed by atoms with Crippen molar-refractivity contribution in [3.63, 3.8) is 0 Å². The molecule has 1 saturated carbocycles. The maximum Gasteiger partial charge on any atom is 0.252 e. The second-order valence-electron chi connectivity index (χ2n) is 13.0. The standard InChI is InChI=1S/C18H18BrFN6O2.C13H15BrFN5O/c1-17(20)9-25(16(28)18(8-21)2-3-18)7-13(17)24-14-11(15(22)27)5-23-26-6-10(19)4-12(14)26;1-13(15)6-17-4-10(13)19-11-8(12(16)21)3-18-20-5-7(14)2-9(11)20/h4-6,13,24H,2-3,7,9H2,1H3,(H2,22,27);2-3,5,10,17,19H,4,6H2,1H3,(H2,16,21)/t13-,17+;10-,13+/m11/s1. The van der Waals surface area contributed by atoms with Crippen LogP contribution in [0.3, 0.4) is 0 Å². The number of halogens is 4. The number of fused-ring (bicyclic) bond motifs is 2. The van der Waals surface area contributed by atoms with E-state index in [2.05, 4.69) is 64.1 Å². The molecular weight excluding hydrogens is 772 g/mol. The summed E-state index contributed by atoms with van der Waals surface area (Å²) in [6.45, 7) is 3.64. The van der Waals surface area contributed by atoms with Gasteiger partial charge < -0.3 is 32.3 Å². The number of nitrogens with one attached hydrogen (secondary N) is 3. The molecule has 2 saturated heterocycles. The van der Waals surface area contributed by atoms with Crippen LogP contribution >= 0.6 is 31.9 Å². The molecule has 2 aliphatic heterocycles. The summed E-state index contributed by atoms with van der Waals surface area (Å²) in [5.41, 5.74) is 9.19. The molecular formula is C31H33Br2F2N11O3. The van der Waals surface area contributed by atoms with E-state index in [9.17, 15) is 24.0 Å². The van der Waals surface area contributed by atoms with Gasteiger partial charge in [-0.15, -0.1) is 0 Å². The summed E-state index contributed by atoms with van der Waals surface area (Å²) in [6, 6.07) is 4.38. The average molecular weight is 805 g/mol. The number of alkyl halides is 2. The number of nitrogens with two attached hydrogens (primary N) is 2. The third-order valence-electron chi connectivity index (χ3n) is 9.21. The first-order valence-electron chi connectivity index (χ1n) is 15.3. The number of nitrogens with zero attached hydrogens (tertiary/aromatic N) is 6. The largest absolute Gasteiger partial charge is 0.375 e. The lowest BCUT2D eigenvalue weighted by Gasteiger charge is -2.25. The number of hydrogen-bond acceptors (Lipinski definition) is 9. The second kappa shape index (κ2) is 12.5. The fourth-order valence-corrected chi connectivity index (χ4v) is 7.01. The zero-order valence-corrected chi connectivity index (χ0v) is 29.6. The Labute approximate surface area is 295 Å². The van der Waals surface area contributed by atoms with Gasteiger partial charge in [-0.2, -0.15) is 15.5 Å². The zero-order valence-electron chi connectivity index (χ0n) is 26.4. The molecule has 0 unspecified atom stereocenters. The molecule has 4 aromatic rings. The molecule has 4 atom stereocenters. The van der Waals surface area contributed by atoms with E-state index in [0.717, 1.165) is 8.95 Å². The summed E-state index contributed by atoms with van der Waals surface area (Å²) >= 11 is 6.72. The van der Waals surface area contributed by atoms with E-state index in [1.165, 1.54) is 31.1 Å². The molecule has 3 aliphatic rings. The lowest BCUT2D eigenvalue weighted by Crippen LogP contribution is -2.40. The highest BCUT2D eigenvalue weighted by Crippen LogP contribution is 2.48. The molecule has 3 amide bonds. The highest BCUT2D eigenvalue weighted by atomic mass is 79.9. The summed E-state index contributed by atoms with van der Waals surface area (Å²) < 4.78 is 34.5. The topological polar surface area (TPSA) is 201 Å². The number of rotatable bonds is 7. The van der Waals surface area contributed by atoms with E-state index in [4.69, 9.17) is 11.5 Å². The van der Waals surface area contributed by atoms with Crippen molar-refractivity contribution in [2.45, 2.75) is 50.1 Å². The molecule has 6 heterocycles. The molecule has 18 heteroatoms. The van der Waals surface area contributed by atoms with Crippen LogP contribution in [0.4, 0.5) is 20.2 Å². The second-order valence-corrected chi connectivity index (χ2v) is 14.9. The molecule has 3 fully saturated rings. The monoisotopic (exact) mass is 803 g/mol. The number of hydrogen-bond donors (Lipinski definition) is 5. The van der Waals surface area contributed by atoms with Crippen LogP contribution in [-0.4, -0.2) is 91.4 Å². The first-order chi connectivity index (χ1) is 23.0. The molecule has 14 nitrogen and oxygen atoms in total. The predicted molar refractivity (Wildman–Crippen MR) is 183 cm³/mol. The van der Waals surface area contributed by atoms with Crippen molar-refractivity contribution in [3.05, 3.63) is 57.0 Å². The fraction of sp³-hybridized carbons (Fsp3) is 0.419. The number of anilines is 2. The molecule has 7 N–H and O–H groups in total. The lowest BCUT2D eigenvalue weighted by molar-refractivity contribution is -0.134. The van der Waals surface area contributed by atoms with Crippen LogP contribution in [0, 0.1) is 16.7 Å². The van der Waals surface area contributed by atoms with Crippen LogP contribution in [0.2, 0.25) is 0 Å². The van der Waals surface area contributed by atoms with Crippen molar-refractivity contribution in [1.82, 2.24) is 29.4 Å². The van der Waals surface area contributed by atoms with E-state index < -0.39 is 40.7 Å². The van der Waals surface area contributed by atoms with Gasteiger partial charge in [0.2, 0.25) is 5.91 Å². The minimum absolute atomic E-state index is 0.0871. The number of amides is 3. The van der Waals surface area contributed by atoms with Crippen molar-refractivity contribution >= 4 is 72.0 Å². The van der Waals surface area contributed by atoms with Crippen LogP contribution in [-0.2, 0) is 4.79 Å². The summed E-state index contributed by atoms with van der Waals surface area (Å²) in [4.78, 5) is 37.5. The van der Waals surface area contributed by atoms with Crippen molar-refractivity contribution in [3.8, 4) is 6.07 Å². The van der Waals surface area contributed by atoms with Gasteiger partial charge in [-0.05, 0) is 70.7 Å². The number of likely N-dealkylation sites (tertiary alicyclic amines) is 1. The SMILES string of the molecule is C[C@]1(F)CN(C(=O)C2(C#N)CC2)C[C@H]1Nc1c(C(N)=O)cnn2cc(Br)cc12.C[C@]1(F)CNC[C@H]1Nc1c(C(N)=O)cnn2cc(Br)cc12. The van der Waals surface area contributed by atoms with E-state index in [1.54, 1.807) is 33.6 Å².